The Morgan fingerprint density at radius 2 is 2.21 bits per heavy atom. The third-order valence-corrected chi connectivity index (χ3v) is 4.98. The van der Waals surface area contributed by atoms with Gasteiger partial charge in [0.1, 0.15) is 0 Å². The van der Waals surface area contributed by atoms with Crippen molar-refractivity contribution in [2.45, 2.75) is 43.7 Å². The first-order valence-corrected chi connectivity index (χ1v) is 7.88. The Bertz CT molecular complexity index is 551. The van der Waals surface area contributed by atoms with Crippen LogP contribution in [0.5, 0.6) is 0 Å². The molecule has 1 saturated heterocycles. The van der Waals surface area contributed by atoms with E-state index in [-0.39, 0.29) is 17.0 Å². The first-order chi connectivity index (χ1) is 8.90. The SMILES string of the molecule is Cc1ccc(S(=O)(=O)NC(C)C2CCCO2)cc1N. The van der Waals surface area contributed by atoms with Crippen LogP contribution in [0.15, 0.2) is 23.1 Å². The smallest absolute Gasteiger partial charge is 0.240 e. The van der Waals surface area contributed by atoms with Crippen LogP contribution in [-0.2, 0) is 14.8 Å². The molecule has 0 bridgehead atoms. The number of hydrogen-bond donors (Lipinski definition) is 2. The van der Waals surface area contributed by atoms with E-state index in [4.69, 9.17) is 10.5 Å². The molecule has 1 aromatic carbocycles. The first-order valence-electron chi connectivity index (χ1n) is 6.40. The maximum Gasteiger partial charge on any atom is 0.240 e. The minimum Gasteiger partial charge on any atom is -0.398 e. The molecule has 0 radical (unpaired) electrons. The Morgan fingerprint density at radius 3 is 2.79 bits per heavy atom. The topological polar surface area (TPSA) is 81.4 Å². The maximum atomic E-state index is 12.2. The van der Waals surface area contributed by atoms with E-state index in [0.29, 0.717) is 12.3 Å². The quantitative estimate of drug-likeness (QED) is 0.819. The normalized spacial score (nSPS) is 21.5. The van der Waals surface area contributed by atoms with Gasteiger partial charge < -0.3 is 10.5 Å². The molecule has 1 fully saturated rings. The van der Waals surface area contributed by atoms with Crippen molar-refractivity contribution in [2.24, 2.45) is 0 Å². The summed E-state index contributed by atoms with van der Waals surface area (Å²) in [5.74, 6) is 0. The van der Waals surface area contributed by atoms with E-state index in [9.17, 15) is 8.42 Å². The molecule has 2 atom stereocenters. The standard InChI is InChI=1S/C13H20N2O3S/c1-9-5-6-11(8-12(9)14)19(16,17)15-10(2)13-4-3-7-18-13/h5-6,8,10,13,15H,3-4,7,14H2,1-2H3. The van der Waals surface area contributed by atoms with Gasteiger partial charge >= 0.3 is 0 Å². The highest BCUT2D eigenvalue weighted by Gasteiger charge is 2.27. The summed E-state index contributed by atoms with van der Waals surface area (Å²) in [6.07, 6.45) is 1.83. The first kappa shape index (κ1) is 14.3. The molecule has 0 saturated carbocycles. The van der Waals surface area contributed by atoms with Crippen LogP contribution in [0.1, 0.15) is 25.3 Å². The number of nitrogen functional groups attached to an aromatic ring is 1. The van der Waals surface area contributed by atoms with Gasteiger partial charge in [0.25, 0.3) is 0 Å². The van der Waals surface area contributed by atoms with Gasteiger partial charge in [0.05, 0.1) is 11.0 Å². The summed E-state index contributed by atoms with van der Waals surface area (Å²) < 4.78 is 32.6. The van der Waals surface area contributed by atoms with Crippen LogP contribution in [0.25, 0.3) is 0 Å². The van der Waals surface area contributed by atoms with Crippen LogP contribution < -0.4 is 10.5 Å². The number of benzene rings is 1. The van der Waals surface area contributed by atoms with E-state index in [0.717, 1.165) is 18.4 Å². The molecule has 3 N–H and O–H groups in total. The Labute approximate surface area is 114 Å². The summed E-state index contributed by atoms with van der Waals surface area (Å²) in [7, 11) is -3.55. The lowest BCUT2D eigenvalue weighted by Gasteiger charge is -2.20. The molecular weight excluding hydrogens is 264 g/mol. The van der Waals surface area contributed by atoms with Crippen LogP contribution in [0.2, 0.25) is 0 Å². The number of sulfonamides is 1. The van der Waals surface area contributed by atoms with E-state index >= 15 is 0 Å². The Kier molecular flexibility index (Phi) is 4.13. The van der Waals surface area contributed by atoms with Crippen molar-refractivity contribution in [2.75, 3.05) is 12.3 Å². The van der Waals surface area contributed by atoms with Gasteiger partial charge in [-0.15, -0.1) is 0 Å². The van der Waals surface area contributed by atoms with Crippen LogP contribution >= 0.6 is 0 Å². The second-order valence-corrected chi connectivity index (χ2v) is 6.69. The summed E-state index contributed by atoms with van der Waals surface area (Å²) in [5, 5.41) is 0. The number of nitrogens with one attached hydrogen (secondary N) is 1. The van der Waals surface area contributed by atoms with Crippen molar-refractivity contribution in [1.29, 1.82) is 0 Å². The van der Waals surface area contributed by atoms with E-state index in [2.05, 4.69) is 4.72 Å². The highest BCUT2D eigenvalue weighted by atomic mass is 32.2. The fourth-order valence-electron chi connectivity index (χ4n) is 2.17. The minimum atomic E-state index is -3.55. The zero-order valence-electron chi connectivity index (χ0n) is 11.2. The molecule has 19 heavy (non-hydrogen) atoms. The summed E-state index contributed by atoms with van der Waals surface area (Å²) in [5.41, 5.74) is 7.10. The Hall–Kier alpha value is -1.11. The van der Waals surface area contributed by atoms with E-state index in [1.807, 2.05) is 13.8 Å². The molecule has 1 heterocycles. The summed E-state index contributed by atoms with van der Waals surface area (Å²) in [6.45, 7) is 4.37. The largest absolute Gasteiger partial charge is 0.398 e. The molecule has 1 aromatic rings. The predicted molar refractivity (Wildman–Crippen MR) is 74.3 cm³/mol. The minimum absolute atomic E-state index is 0.0439. The number of nitrogens with two attached hydrogens (primary N) is 1. The lowest BCUT2D eigenvalue weighted by molar-refractivity contribution is 0.0902. The van der Waals surface area contributed by atoms with Gasteiger partial charge in [-0.25, -0.2) is 13.1 Å². The summed E-state index contributed by atoms with van der Waals surface area (Å²) >= 11 is 0. The van der Waals surface area contributed by atoms with Gasteiger partial charge in [0.15, 0.2) is 0 Å². The third-order valence-electron chi connectivity index (χ3n) is 3.42. The Balaban J connectivity index is 2.15. The van der Waals surface area contributed by atoms with Gasteiger partial charge in [-0.2, -0.15) is 0 Å². The van der Waals surface area contributed by atoms with Crippen LogP contribution in [0.3, 0.4) is 0 Å². The zero-order chi connectivity index (χ0) is 14.0. The van der Waals surface area contributed by atoms with E-state index < -0.39 is 10.0 Å². The molecular formula is C13H20N2O3S. The molecule has 0 aromatic heterocycles. The van der Waals surface area contributed by atoms with Crippen molar-refractivity contribution < 1.29 is 13.2 Å². The maximum absolute atomic E-state index is 12.2. The fourth-order valence-corrected chi connectivity index (χ4v) is 3.48. The van der Waals surface area contributed by atoms with Crippen molar-refractivity contribution in [3.8, 4) is 0 Å². The number of aryl methyl sites for hydroxylation is 1. The van der Waals surface area contributed by atoms with Gasteiger partial charge in [0.2, 0.25) is 10.0 Å². The molecule has 5 nitrogen and oxygen atoms in total. The molecule has 0 aliphatic carbocycles. The number of ether oxygens (including phenoxy) is 1. The van der Waals surface area contributed by atoms with E-state index in [1.165, 1.54) is 6.07 Å². The molecule has 0 amide bonds. The van der Waals surface area contributed by atoms with Crippen molar-refractivity contribution in [3.63, 3.8) is 0 Å². The van der Waals surface area contributed by atoms with Crippen molar-refractivity contribution in [1.82, 2.24) is 4.72 Å². The van der Waals surface area contributed by atoms with Crippen molar-refractivity contribution in [3.05, 3.63) is 23.8 Å². The molecule has 2 unspecified atom stereocenters. The summed E-state index contributed by atoms with van der Waals surface area (Å²) in [4.78, 5) is 0.195. The van der Waals surface area contributed by atoms with Gasteiger partial charge in [-0.3, -0.25) is 0 Å². The number of rotatable bonds is 4. The van der Waals surface area contributed by atoms with Gasteiger partial charge in [-0.05, 0) is 44.4 Å². The molecule has 6 heteroatoms. The Morgan fingerprint density at radius 1 is 1.47 bits per heavy atom. The van der Waals surface area contributed by atoms with E-state index in [1.54, 1.807) is 12.1 Å². The second kappa shape index (κ2) is 5.48. The highest BCUT2D eigenvalue weighted by Crippen LogP contribution is 2.20. The third kappa shape index (κ3) is 3.26. The summed E-state index contributed by atoms with van der Waals surface area (Å²) in [6, 6.07) is 4.52. The molecule has 2 rings (SSSR count). The molecule has 0 spiro atoms. The predicted octanol–water partition coefficient (Wildman–Crippen LogP) is 1.42. The zero-order valence-corrected chi connectivity index (χ0v) is 12.0. The number of anilines is 1. The lowest BCUT2D eigenvalue weighted by atomic mass is 10.1. The van der Waals surface area contributed by atoms with Gasteiger partial charge in [0, 0.05) is 18.3 Å². The highest BCUT2D eigenvalue weighted by molar-refractivity contribution is 7.89. The van der Waals surface area contributed by atoms with Crippen LogP contribution in [0.4, 0.5) is 5.69 Å². The molecule has 106 valence electrons. The van der Waals surface area contributed by atoms with Crippen LogP contribution in [-0.4, -0.2) is 27.2 Å². The van der Waals surface area contributed by atoms with Gasteiger partial charge in [-0.1, -0.05) is 6.07 Å². The average molecular weight is 284 g/mol. The fraction of sp³-hybridized carbons (Fsp3) is 0.538. The van der Waals surface area contributed by atoms with Crippen LogP contribution in [0, 0.1) is 6.92 Å². The lowest BCUT2D eigenvalue weighted by Crippen LogP contribution is -2.40. The average Bonchev–Trinajstić information content (AvgIpc) is 2.85. The molecule has 1 aliphatic rings. The second-order valence-electron chi connectivity index (χ2n) is 4.98. The molecule has 1 aliphatic heterocycles. The number of hydrogen-bond acceptors (Lipinski definition) is 4. The van der Waals surface area contributed by atoms with Crippen molar-refractivity contribution >= 4 is 15.7 Å². The monoisotopic (exact) mass is 284 g/mol.